The Kier molecular flexibility index (Phi) is 4.86. The van der Waals surface area contributed by atoms with E-state index in [2.05, 4.69) is 10.1 Å². The molecular formula is C12H13NO5. The van der Waals surface area contributed by atoms with E-state index in [0.717, 1.165) is 0 Å². The molecule has 96 valence electrons. The molecule has 0 fully saturated rings. The Morgan fingerprint density at radius 2 is 1.89 bits per heavy atom. The molecule has 0 spiro atoms. The first kappa shape index (κ1) is 13.7. The molecule has 0 aliphatic rings. The predicted octanol–water partition coefficient (Wildman–Crippen LogP) is 1.13. The van der Waals surface area contributed by atoms with Crippen molar-refractivity contribution in [1.82, 2.24) is 5.32 Å². The largest absolute Gasteiger partial charge is 0.475 e. The molecular weight excluding hydrogens is 238 g/mol. The molecule has 0 aromatic heterocycles. The molecule has 1 amide bonds. The second-order valence-corrected chi connectivity index (χ2v) is 3.53. The van der Waals surface area contributed by atoms with E-state index >= 15 is 0 Å². The van der Waals surface area contributed by atoms with Gasteiger partial charge >= 0.3 is 12.1 Å². The summed E-state index contributed by atoms with van der Waals surface area (Å²) in [6.07, 6.45) is -1.05. The van der Waals surface area contributed by atoms with Crippen LogP contribution in [0, 0.1) is 0 Å². The summed E-state index contributed by atoms with van der Waals surface area (Å²) < 4.78 is 4.44. The number of amides is 1. The van der Waals surface area contributed by atoms with Crippen LogP contribution in [0.2, 0.25) is 0 Å². The van der Waals surface area contributed by atoms with Crippen LogP contribution in [0.1, 0.15) is 18.0 Å². The lowest BCUT2D eigenvalue weighted by molar-refractivity contribution is -0.149. The third-order valence-electron chi connectivity index (χ3n) is 2.31. The molecule has 1 aromatic carbocycles. The fourth-order valence-electron chi connectivity index (χ4n) is 1.41. The Hall–Kier alpha value is -2.37. The maximum absolute atomic E-state index is 11.2. The second-order valence-electron chi connectivity index (χ2n) is 3.53. The van der Waals surface area contributed by atoms with Gasteiger partial charge in [0.15, 0.2) is 0 Å². The Morgan fingerprint density at radius 1 is 1.28 bits per heavy atom. The van der Waals surface area contributed by atoms with Gasteiger partial charge in [0.05, 0.1) is 13.2 Å². The molecule has 0 radical (unpaired) electrons. The highest BCUT2D eigenvalue weighted by atomic mass is 16.5. The number of Topliss-reactive ketones (excluding diaryl/α,β-unsaturated/α-hetero) is 1. The number of alkyl carbamates (subject to hydrolysis) is 1. The Morgan fingerprint density at radius 3 is 2.39 bits per heavy atom. The van der Waals surface area contributed by atoms with E-state index in [1.807, 2.05) is 0 Å². The van der Waals surface area contributed by atoms with Crippen molar-refractivity contribution < 1.29 is 24.2 Å². The zero-order valence-corrected chi connectivity index (χ0v) is 9.75. The summed E-state index contributed by atoms with van der Waals surface area (Å²) in [7, 11) is 1.19. The number of nitrogens with one attached hydrogen (secondary N) is 1. The molecule has 0 bridgehead atoms. The molecule has 0 heterocycles. The number of hydrogen-bond donors (Lipinski definition) is 2. The monoisotopic (exact) mass is 251 g/mol. The van der Waals surface area contributed by atoms with Gasteiger partial charge in [-0.25, -0.2) is 9.59 Å². The lowest BCUT2D eigenvalue weighted by atomic mass is 10.0. The minimum absolute atomic E-state index is 0.325. The number of ketones is 1. The fourth-order valence-corrected chi connectivity index (χ4v) is 1.41. The number of carboxylic acid groups (broad SMARTS) is 1. The molecule has 0 unspecified atom stereocenters. The van der Waals surface area contributed by atoms with Crippen LogP contribution >= 0.6 is 0 Å². The highest BCUT2D eigenvalue weighted by Gasteiger charge is 2.22. The average molecular weight is 251 g/mol. The molecule has 0 aliphatic carbocycles. The predicted molar refractivity (Wildman–Crippen MR) is 62.0 cm³/mol. The summed E-state index contributed by atoms with van der Waals surface area (Å²) in [4.78, 5) is 32.9. The number of carbonyl (C=O) groups excluding carboxylic acids is 2. The summed E-state index contributed by atoms with van der Waals surface area (Å²) in [6, 6.07) is 7.89. The number of carboxylic acids is 1. The third-order valence-corrected chi connectivity index (χ3v) is 2.31. The molecule has 2 N–H and O–H groups in total. The number of methoxy groups -OCH3 is 1. The summed E-state index contributed by atoms with van der Waals surface area (Å²) in [5, 5.41) is 11.0. The minimum Gasteiger partial charge on any atom is -0.475 e. The minimum atomic E-state index is -1.53. The molecule has 0 aliphatic heterocycles. The summed E-state index contributed by atoms with van der Waals surface area (Å²) in [5.41, 5.74) is 0.637. The standard InChI is InChI=1S/C12H13NO5/c1-18-12(17)13-9(7-10(14)11(15)16)8-5-3-2-4-6-8/h2-6,9H,7H2,1H3,(H,13,17)(H,15,16)/t9-/m1/s1. The van der Waals surface area contributed by atoms with E-state index < -0.39 is 23.9 Å². The summed E-state index contributed by atoms with van der Waals surface area (Å²) in [5.74, 6) is -2.50. The molecule has 1 rings (SSSR count). The quantitative estimate of drug-likeness (QED) is 0.765. The van der Waals surface area contributed by atoms with E-state index in [4.69, 9.17) is 5.11 Å². The molecule has 18 heavy (non-hydrogen) atoms. The molecule has 6 heteroatoms. The topological polar surface area (TPSA) is 92.7 Å². The normalized spacial score (nSPS) is 11.4. The summed E-state index contributed by atoms with van der Waals surface area (Å²) >= 11 is 0. The molecule has 0 saturated carbocycles. The van der Waals surface area contributed by atoms with Crippen LogP contribution in [0.4, 0.5) is 4.79 Å². The van der Waals surface area contributed by atoms with Gasteiger partial charge < -0.3 is 15.2 Å². The first-order chi connectivity index (χ1) is 8.54. The first-order valence-corrected chi connectivity index (χ1v) is 5.20. The lowest BCUT2D eigenvalue weighted by Gasteiger charge is -2.16. The van der Waals surface area contributed by atoms with Gasteiger partial charge in [0.25, 0.3) is 0 Å². The van der Waals surface area contributed by atoms with E-state index in [1.54, 1.807) is 30.3 Å². The average Bonchev–Trinajstić information content (AvgIpc) is 2.38. The Bertz CT molecular complexity index is 443. The van der Waals surface area contributed by atoms with Gasteiger partial charge in [0.1, 0.15) is 0 Å². The zero-order valence-electron chi connectivity index (χ0n) is 9.75. The van der Waals surface area contributed by atoms with Crippen molar-refractivity contribution in [2.24, 2.45) is 0 Å². The highest BCUT2D eigenvalue weighted by Crippen LogP contribution is 2.17. The Labute approximate surface area is 104 Å². The van der Waals surface area contributed by atoms with Crippen molar-refractivity contribution >= 4 is 17.8 Å². The smallest absolute Gasteiger partial charge is 0.407 e. The van der Waals surface area contributed by atoms with Crippen LogP contribution in [0.25, 0.3) is 0 Å². The Balaban J connectivity index is 2.85. The van der Waals surface area contributed by atoms with E-state index in [-0.39, 0.29) is 6.42 Å². The van der Waals surface area contributed by atoms with Crippen molar-refractivity contribution in [3.8, 4) is 0 Å². The SMILES string of the molecule is COC(=O)N[C@H](CC(=O)C(=O)O)c1ccccc1. The van der Waals surface area contributed by atoms with Gasteiger partial charge in [-0.2, -0.15) is 0 Å². The van der Waals surface area contributed by atoms with Crippen LogP contribution in [0.3, 0.4) is 0 Å². The zero-order chi connectivity index (χ0) is 13.5. The maximum Gasteiger partial charge on any atom is 0.407 e. The molecule has 0 saturated heterocycles. The van der Waals surface area contributed by atoms with Crippen molar-refractivity contribution in [2.45, 2.75) is 12.5 Å². The third kappa shape index (κ3) is 3.89. The lowest BCUT2D eigenvalue weighted by Crippen LogP contribution is -2.31. The first-order valence-electron chi connectivity index (χ1n) is 5.20. The van der Waals surface area contributed by atoms with Crippen molar-refractivity contribution in [3.05, 3.63) is 35.9 Å². The van der Waals surface area contributed by atoms with Gasteiger partial charge in [-0.1, -0.05) is 30.3 Å². The molecule has 6 nitrogen and oxygen atoms in total. The fraction of sp³-hybridized carbons (Fsp3) is 0.250. The number of aliphatic carboxylic acids is 1. The molecule has 1 atom stereocenters. The second kappa shape index (κ2) is 6.39. The van der Waals surface area contributed by atoms with Gasteiger partial charge in [-0.15, -0.1) is 0 Å². The van der Waals surface area contributed by atoms with Crippen LogP contribution in [-0.4, -0.2) is 30.1 Å². The van der Waals surface area contributed by atoms with E-state index in [1.165, 1.54) is 7.11 Å². The van der Waals surface area contributed by atoms with Gasteiger partial charge in [0.2, 0.25) is 5.78 Å². The van der Waals surface area contributed by atoms with E-state index in [9.17, 15) is 14.4 Å². The van der Waals surface area contributed by atoms with Crippen LogP contribution in [-0.2, 0) is 14.3 Å². The maximum atomic E-state index is 11.2. The van der Waals surface area contributed by atoms with Gasteiger partial charge in [-0.05, 0) is 5.56 Å². The van der Waals surface area contributed by atoms with Crippen molar-refractivity contribution in [2.75, 3.05) is 7.11 Å². The number of rotatable bonds is 5. The number of benzene rings is 1. The van der Waals surface area contributed by atoms with Gasteiger partial charge in [0, 0.05) is 6.42 Å². The molecule has 1 aromatic rings. The van der Waals surface area contributed by atoms with Crippen LogP contribution < -0.4 is 5.32 Å². The number of ether oxygens (including phenoxy) is 1. The van der Waals surface area contributed by atoms with Crippen LogP contribution in [0.5, 0.6) is 0 Å². The number of hydrogen-bond acceptors (Lipinski definition) is 4. The number of carbonyl (C=O) groups is 3. The van der Waals surface area contributed by atoms with Crippen molar-refractivity contribution in [1.29, 1.82) is 0 Å². The van der Waals surface area contributed by atoms with E-state index in [0.29, 0.717) is 5.56 Å². The highest BCUT2D eigenvalue weighted by molar-refractivity contribution is 6.32. The summed E-state index contributed by atoms with van der Waals surface area (Å²) in [6.45, 7) is 0. The van der Waals surface area contributed by atoms with Crippen molar-refractivity contribution in [3.63, 3.8) is 0 Å². The van der Waals surface area contributed by atoms with Crippen LogP contribution in [0.15, 0.2) is 30.3 Å². The van der Waals surface area contributed by atoms with Gasteiger partial charge in [-0.3, -0.25) is 4.79 Å².